The van der Waals surface area contributed by atoms with Crippen molar-refractivity contribution in [2.24, 2.45) is 0 Å². The number of nitrogens with one attached hydrogen (secondary N) is 1. The molecule has 1 aliphatic heterocycles. The zero-order valence-electron chi connectivity index (χ0n) is 11.2. The first-order chi connectivity index (χ1) is 8.96. The molecule has 2 rings (SSSR count). The summed E-state index contributed by atoms with van der Waals surface area (Å²) in [5, 5.41) is 3.54. The monoisotopic (exact) mass is 302 g/mol. The van der Waals surface area contributed by atoms with Crippen LogP contribution in [0, 0.1) is 6.92 Å². The number of likely N-dealkylation sites (N-methyl/N-ethyl adjacent to an activating group) is 1. The number of halogens is 1. The number of hydrogen-bond acceptors (Lipinski definition) is 3. The number of sulfonamides is 1. The number of hydrogen-bond donors (Lipinski definition) is 1. The van der Waals surface area contributed by atoms with Crippen molar-refractivity contribution in [2.75, 3.05) is 20.1 Å². The van der Waals surface area contributed by atoms with E-state index in [1.54, 1.807) is 22.5 Å². The van der Waals surface area contributed by atoms with Crippen LogP contribution in [0.3, 0.4) is 0 Å². The van der Waals surface area contributed by atoms with Gasteiger partial charge in [-0.15, -0.1) is 0 Å². The first-order valence-electron chi connectivity index (χ1n) is 6.39. The van der Waals surface area contributed by atoms with E-state index in [1.807, 2.05) is 14.0 Å². The zero-order chi connectivity index (χ0) is 14.0. The van der Waals surface area contributed by atoms with Gasteiger partial charge in [0.1, 0.15) is 0 Å². The largest absolute Gasteiger partial charge is 0.318 e. The molecular weight excluding hydrogens is 284 g/mol. The fraction of sp³-hybridized carbons (Fsp3) is 0.538. The predicted octanol–water partition coefficient (Wildman–Crippen LogP) is 2.02. The normalized spacial score (nSPS) is 20.9. The molecule has 1 aromatic carbocycles. The molecule has 1 heterocycles. The molecule has 4 nitrogen and oxygen atoms in total. The van der Waals surface area contributed by atoms with Gasteiger partial charge in [0.25, 0.3) is 0 Å². The molecule has 1 aromatic rings. The maximum absolute atomic E-state index is 12.6. The van der Waals surface area contributed by atoms with E-state index < -0.39 is 10.0 Å². The van der Waals surface area contributed by atoms with Crippen molar-refractivity contribution in [1.82, 2.24) is 9.62 Å². The molecule has 0 spiro atoms. The highest BCUT2D eigenvalue weighted by atomic mass is 35.5. The van der Waals surface area contributed by atoms with Crippen LogP contribution in [0.1, 0.15) is 18.4 Å². The molecule has 0 aliphatic carbocycles. The molecule has 0 aromatic heterocycles. The number of rotatable bonds is 4. The minimum atomic E-state index is -3.44. The van der Waals surface area contributed by atoms with Gasteiger partial charge in [0, 0.05) is 24.2 Å². The van der Waals surface area contributed by atoms with Crippen molar-refractivity contribution >= 4 is 21.6 Å². The molecule has 1 fully saturated rings. The molecule has 0 bridgehead atoms. The lowest BCUT2D eigenvalue weighted by Gasteiger charge is -2.24. The van der Waals surface area contributed by atoms with E-state index >= 15 is 0 Å². The van der Waals surface area contributed by atoms with Crippen LogP contribution in [0.4, 0.5) is 0 Å². The van der Waals surface area contributed by atoms with Crippen molar-refractivity contribution in [3.05, 3.63) is 28.8 Å². The molecule has 1 aliphatic rings. The zero-order valence-corrected chi connectivity index (χ0v) is 12.8. The van der Waals surface area contributed by atoms with E-state index in [1.165, 1.54) is 0 Å². The molecule has 0 saturated carbocycles. The maximum Gasteiger partial charge on any atom is 0.243 e. The van der Waals surface area contributed by atoms with Gasteiger partial charge >= 0.3 is 0 Å². The van der Waals surface area contributed by atoms with Crippen molar-refractivity contribution in [2.45, 2.75) is 30.7 Å². The SMILES string of the molecule is CNCC1CCCN1S(=O)(=O)c1ccc(C)c(Cl)c1. The summed E-state index contributed by atoms with van der Waals surface area (Å²) in [5.74, 6) is 0. The molecule has 1 atom stereocenters. The summed E-state index contributed by atoms with van der Waals surface area (Å²) >= 11 is 6.03. The third-order valence-corrected chi connectivity index (χ3v) is 5.87. The second-order valence-corrected chi connectivity index (χ2v) is 7.18. The Kier molecular flexibility index (Phi) is 4.50. The topological polar surface area (TPSA) is 49.4 Å². The highest BCUT2D eigenvalue weighted by Crippen LogP contribution is 2.28. The minimum Gasteiger partial charge on any atom is -0.318 e. The van der Waals surface area contributed by atoms with Crippen LogP contribution in [0.5, 0.6) is 0 Å². The van der Waals surface area contributed by atoms with Gasteiger partial charge in [0.15, 0.2) is 0 Å². The lowest BCUT2D eigenvalue weighted by atomic mass is 10.2. The fourth-order valence-corrected chi connectivity index (χ4v) is 4.40. The molecule has 1 saturated heterocycles. The van der Waals surface area contributed by atoms with Crippen LogP contribution in [-0.4, -0.2) is 38.9 Å². The average Bonchev–Trinajstić information content (AvgIpc) is 2.82. The highest BCUT2D eigenvalue weighted by molar-refractivity contribution is 7.89. The van der Waals surface area contributed by atoms with E-state index in [0.29, 0.717) is 18.1 Å². The van der Waals surface area contributed by atoms with Crippen molar-refractivity contribution in [3.8, 4) is 0 Å². The van der Waals surface area contributed by atoms with E-state index in [4.69, 9.17) is 11.6 Å². The molecule has 1 unspecified atom stereocenters. The van der Waals surface area contributed by atoms with Crippen molar-refractivity contribution in [1.29, 1.82) is 0 Å². The van der Waals surface area contributed by atoms with Gasteiger partial charge in [0.2, 0.25) is 10.0 Å². The standard InChI is InChI=1S/C13H19ClN2O2S/c1-10-5-6-12(8-13(10)14)19(17,18)16-7-3-4-11(16)9-15-2/h5-6,8,11,15H,3-4,7,9H2,1-2H3. The van der Waals surface area contributed by atoms with Crippen molar-refractivity contribution in [3.63, 3.8) is 0 Å². The van der Waals surface area contributed by atoms with E-state index in [2.05, 4.69) is 5.32 Å². The molecule has 19 heavy (non-hydrogen) atoms. The van der Waals surface area contributed by atoms with Gasteiger partial charge in [-0.05, 0) is 44.5 Å². The Hall–Kier alpha value is -0.620. The Morgan fingerprint density at radius 3 is 2.84 bits per heavy atom. The van der Waals surface area contributed by atoms with Crippen LogP contribution >= 0.6 is 11.6 Å². The quantitative estimate of drug-likeness (QED) is 0.926. The summed E-state index contributed by atoms with van der Waals surface area (Å²) in [7, 11) is -1.60. The Labute approximate surface area is 119 Å². The Bertz CT molecular complexity index is 560. The molecule has 6 heteroatoms. The maximum atomic E-state index is 12.6. The summed E-state index contributed by atoms with van der Waals surface area (Å²) in [6.07, 6.45) is 1.81. The highest BCUT2D eigenvalue weighted by Gasteiger charge is 2.34. The summed E-state index contributed by atoms with van der Waals surface area (Å²) in [6.45, 7) is 3.12. The van der Waals surface area contributed by atoms with Gasteiger partial charge in [0.05, 0.1) is 4.90 Å². The lowest BCUT2D eigenvalue weighted by Crippen LogP contribution is -2.40. The third kappa shape index (κ3) is 2.94. The Morgan fingerprint density at radius 2 is 2.21 bits per heavy atom. The van der Waals surface area contributed by atoms with E-state index in [-0.39, 0.29) is 10.9 Å². The van der Waals surface area contributed by atoms with Crippen LogP contribution in [0.15, 0.2) is 23.1 Å². The average molecular weight is 303 g/mol. The summed E-state index contributed by atoms with van der Waals surface area (Å²) in [5.41, 5.74) is 0.883. The first kappa shape index (κ1) is 14.8. The smallest absolute Gasteiger partial charge is 0.243 e. The van der Waals surface area contributed by atoms with Gasteiger partial charge < -0.3 is 5.32 Å². The number of nitrogens with zero attached hydrogens (tertiary/aromatic N) is 1. The van der Waals surface area contributed by atoms with Crippen LogP contribution in [0.2, 0.25) is 5.02 Å². The lowest BCUT2D eigenvalue weighted by molar-refractivity contribution is 0.379. The molecular formula is C13H19ClN2O2S. The van der Waals surface area contributed by atoms with Gasteiger partial charge in [-0.2, -0.15) is 4.31 Å². The summed E-state index contributed by atoms with van der Waals surface area (Å²) in [6, 6.07) is 4.96. The van der Waals surface area contributed by atoms with Crippen LogP contribution in [-0.2, 0) is 10.0 Å². The van der Waals surface area contributed by atoms with Crippen molar-refractivity contribution < 1.29 is 8.42 Å². The molecule has 106 valence electrons. The number of benzene rings is 1. The molecule has 0 radical (unpaired) electrons. The number of aryl methyl sites for hydroxylation is 1. The van der Waals surface area contributed by atoms with Gasteiger partial charge in [-0.3, -0.25) is 0 Å². The van der Waals surface area contributed by atoms with Crippen LogP contribution < -0.4 is 5.32 Å². The van der Waals surface area contributed by atoms with E-state index in [0.717, 1.165) is 18.4 Å². The fourth-order valence-electron chi connectivity index (χ4n) is 2.43. The summed E-state index contributed by atoms with van der Waals surface area (Å²) in [4.78, 5) is 0.283. The molecule has 0 amide bonds. The van der Waals surface area contributed by atoms with E-state index in [9.17, 15) is 8.42 Å². The van der Waals surface area contributed by atoms with Crippen LogP contribution in [0.25, 0.3) is 0 Å². The van der Waals surface area contributed by atoms with Gasteiger partial charge in [-0.1, -0.05) is 17.7 Å². The van der Waals surface area contributed by atoms with Gasteiger partial charge in [-0.25, -0.2) is 8.42 Å². The minimum absolute atomic E-state index is 0.0371. The third-order valence-electron chi connectivity index (χ3n) is 3.51. The second kappa shape index (κ2) is 5.79. The summed E-state index contributed by atoms with van der Waals surface area (Å²) < 4.78 is 26.8. The Balaban J connectivity index is 2.33. The molecule has 1 N–H and O–H groups in total. The second-order valence-electron chi connectivity index (χ2n) is 4.88. The first-order valence-corrected chi connectivity index (χ1v) is 8.21. The predicted molar refractivity (Wildman–Crippen MR) is 77.0 cm³/mol. The Morgan fingerprint density at radius 1 is 1.47 bits per heavy atom.